The summed E-state index contributed by atoms with van der Waals surface area (Å²) >= 11 is 0.995. The average Bonchev–Trinajstić information content (AvgIpc) is 3.25. The Labute approximate surface area is 223 Å². The number of pyridine rings is 1. The first-order chi connectivity index (χ1) is 18.1. The molecule has 0 spiro atoms. The first kappa shape index (κ1) is 27.7. The molecule has 1 amide bonds. The Hall–Kier alpha value is -3.32. The summed E-state index contributed by atoms with van der Waals surface area (Å²) in [5.74, 6) is 0.501. The first-order valence-corrected chi connectivity index (χ1v) is 13.2. The van der Waals surface area contributed by atoms with Crippen LogP contribution >= 0.6 is 11.5 Å². The summed E-state index contributed by atoms with van der Waals surface area (Å²) < 4.78 is 48.5. The number of amides is 1. The molecule has 0 unspecified atom stereocenters. The Morgan fingerprint density at radius 1 is 1.21 bits per heavy atom. The molecule has 1 aliphatic heterocycles. The molecule has 3 aromatic rings. The number of rotatable bonds is 9. The molecule has 1 fully saturated rings. The maximum Gasteiger partial charge on any atom is 0.434 e. The van der Waals surface area contributed by atoms with Crippen LogP contribution in [-0.4, -0.2) is 55.9 Å². The highest BCUT2D eigenvalue weighted by Crippen LogP contribution is 2.30. The monoisotopic (exact) mass is 549 g/mol. The van der Waals surface area contributed by atoms with Crippen molar-refractivity contribution in [3.8, 4) is 5.88 Å². The Morgan fingerprint density at radius 2 is 2.03 bits per heavy atom. The number of hydrogen-bond acceptors (Lipinski definition) is 9. The minimum atomic E-state index is -4.59. The highest BCUT2D eigenvalue weighted by molar-refractivity contribution is 7.10. The number of unbranched alkanes of at least 4 members (excludes halogenated alkanes) is 1. The fourth-order valence-corrected chi connectivity index (χ4v) is 5.02. The van der Waals surface area contributed by atoms with E-state index in [-0.39, 0.29) is 17.5 Å². The summed E-state index contributed by atoms with van der Waals surface area (Å²) in [6, 6.07) is 3.44. The fraction of sp³-hybridized carbons (Fsp3) is 0.480. The van der Waals surface area contributed by atoms with Crippen LogP contribution in [-0.2, 0) is 6.18 Å². The van der Waals surface area contributed by atoms with Crippen molar-refractivity contribution in [3.63, 3.8) is 0 Å². The number of aryl methyl sites for hydroxylation is 1. The molecule has 0 bridgehead atoms. The largest absolute Gasteiger partial charge is 0.474 e. The smallest absolute Gasteiger partial charge is 0.434 e. The SMILES string of the molecule is CCCCN1CC[C@H](Oc2ccc(NC(=O)c3c(C)nsc3Nc3cnc(C(F)(F)F)cn3)cn2)[C@H](C)C1. The third-order valence-corrected chi connectivity index (χ3v) is 7.13. The molecule has 0 aromatic carbocycles. The maximum atomic E-state index is 13.0. The van der Waals surface area contributed by atoms with Gasteiger partial charge in [0.15, 0.2) is 5.69 Å². The normalized spacial score (nSPS) is 18.3. The van der Waals surface area contributed by atoms with E-state index < -0.39 is 17.8 Å². The highest BCUT2D eigenvalue weighted by atomic mass is 32.1. The number of carbonyl (C=O) groups excluding carboxylic acids is 1. The highest BCUT2D eigenvalue weighted by Gasteiger charge is 2.33. The standard InChI is InChI=1S/C25H30F3N7O2S/c1-4-5-9-35-10-8-18(15(2)14-35)37-21-7-6-17(11-31-21)32-23(36)22-16(3)34-38-24(22)33-20-13-29-19(12-30-20)25(26,27)28/h6-7,11-13,15,18H,4-5,8-10,14H2,1-3H3,(H,30,33)(H,32,36)/t15-,18+/m1/s1. The van der Waals surface area contributed by atoms with Crippen molar-refractivity contribution in [2.75, 3.05) is 30.3 Å². The molecule has 4 heterocycles. The second-order valence-corrected chi connectivity index (χ2v) is 10.1. The van der Waals surface area contributed by atoms with Crippen molar-refractivity contribution in [3.05, 3.63) is 47.7 Å². The van der Waals surface area contributed by atoms with Crippen LogP contribution in [0.1, 0.15) is 54.9 Å². The van der Waals surface area contributed by atoms with E-state index in [1.807, 2.05) is 0 Å². The zero-order valence-electron chi connectivity index (χ0n) is 21.4. The van der Waals surface area contributed by atoms with E-state index in [0.717, 1.165) is 43.8 Å². The molecule has 3 aromatic heterocycles. The lowest BCUT2D eigenvalue weighted by molar-refractivity contribution is -0.141. The number of nitrogens with zero attached hydrogens (tertiary/aromatic N) is 5. The molecule has 0 saturated carbocycles. The molecule has 2 atom stereocenters. The number of halogens is 3. The molecule has 4 rings (SSSR count). The average molecular weight is 550 g/mol. The van der Waals surface area contributed by atoms with Crippen LogP contribution in [0.5, 0.6) is 5.88 Å². The fourth-order valence-electron chi connectivity index (χ4n) is 4.22. The number of anilines is 3. The number of aromatic nitrogens is 4. The van der Waals surface area contributed by atoms with Crippen molar-refractivity contribution < 1.29 is 22.7 Å². The maximum absolute atomic E-state index is 13.0. The van der Waals surface area contributed by atoms with Gasteiger partial charge in [-0.15, -0.1) is 0 Å². The van der Waals surface area contributed by atoms with E-state index in [2.05, 4.69) is 48.7 Å². The van der Waals surface area contributed by atoms with Gasteiger partial charge in [0.25, 0.3) is 5.91 Å². The van der Waals surface area contributed by atoms with Crippen LogP contribution < -0.4 is 15.4 Å². The van der Waals surface area contributed by atoms with Crippen LogP contribution in [0.25, 0.3) is 0 Å². The predicted molar refractivity (Wildman–Crippen MR) is 139 cm³/mol. The minimum absolute atomic E-state index is 0.0595. The van der Waals surface area contributed by atoms with E-state index in [1.54, 1.807) is 19.1 Å². The van der Waals surface area contributed by atoms with Gasteiger partial charge in [-0.1, -0.05) is 20.3 Å². The van der Waals surface area contributed by atoms with E-state index in [0.29, 0.717) is 34.4 Å². The van der Waals surface area contributed by atoms with E-state index in [4.69, 9.17) is 4.74 Å². The lowest BCUT2D eigenvalue weighted by atomic mass is 9.96. The molecule has 0 radical (unpaired) electrons. The van der Waals surface area contributed by atoms with Gasteiger partial charge in [0.2, 0.25) is 5.88 Å². The summed E-state index contributed by atoms with van der Waals surface area (Å²) in [5, 5.41) is 5.94. The van der Waals surface area contributed by atoms with Crippen LogP contribution in [0.3, 0.4) is 0 Å². The molecule has 2 N–H and O–H groups in total. The summed E-state index contributed by atoms with van der Waals surface area (Å²) in [6.07, 6.45) is 1.94. The number of hydrogen-bond donors (Lipinski definition) is 2. The van der Waals surface area contributed by atoms with Crippen molar-refractivity contribution in [2.24, 2.45) is 5.92 Å². The summed E-state index contributed by atoms with van der Waals surface area (Å²) in [6.45, 7) is 9.18. The van der Waals surface area contributed by atoms with Gasteiger partial charge in [0, 0.05) is 25.1 Å². The lowest BCUT2D eigenvalue weighted by Crippen LogP contribution is -2.44. The summed E-state index contributed by atoms with van der Waals surface area (Å²) in [7, 11) is 0. The lowest BCUT2D eigenvalue weighted by Gasteiger charge is -2.36. The third kappa shape index (κ3) is 6.95. The van der Waals surface area contributed by atoms with Gasteiger partial charge in [-0.25, -0.2) is 15.0 Å². The van der Waals surface area contributed by atoms with Crippen LogP contribution in [0.4, 0.5) is 29.7 Å². The second kappa shape index (κ2) is 12.0. The van der Waals surface area contributed by atoms with Gasteiger partial charge in [-0.05, 0) is 43.9 Å². The molecule has 0 aliphatic carbocycles. The molecular formula is C25H30F3N7O2S. The third-order valence-electron chi connectivity index (χ3n) is 6.28. The van der Waals surface area contributed by atoms with Gasteiger partial charge in [0.05, 0.1) is 35.5 Å². The minimum Gasteiger partial charge on any atom is -0.474 e. The van der Waals surface area contributed by atoms with Gasteiger partial charge in [-0.2, -0.15) is 17.5 Å². The summed E-state index contributed by atoms with van der Waals surface area (Å²) in [5.41, 5.74) is 0.0757. The quantitative estimate of drug-likeness (QED) is 0.359. The van der Waals surface area contributed by atoms with E-state index >= 15 is 0 Å². The number of nitrogens with one attached hydrogen (secondary N) is 2. The molecule has 204 valence electrons. The van der Waals surface area contributed by atoms with Gasteiger partial charge in [-0.3, -0.25) is 4.79 Å². The van der Waals surface area contributed by atoms with Crippen molar-refractivity contribution >= 4 is 33.9 Å². The number of ether oxygens (including phenoxy) is 1. The Balaban J connectivity index is 1.35. The zero-order valence-corrected chi connectivity index (χ0v) is 22.2. The topological polar surface area (TPSA) is 105 Å². The molecule has 9 nitrogen and oxygen atoms in total. The zero-order chi connectivity index (χ0) is 27.3. The van der Waals surface area contributed by atoms with Crippen molar-refractivity contribution in [2.45, 2.75) is 52.3 Å². The van der Waals surface area contributed by atoms with Gasteiger partial charge in [0.1, 0.15) is 16.9 Å². The molecule has 1 saturated heterocycles. The van der Waals surface area contributed by atoms with Crippen LogP contribution in [0.2, 0.25) is 0 Å². The van der Waals surface area contributed by atoms with Crippen molar-refractivity contribution in [1.82, 2.24) is 24.2 Å². The number of alkyl halides is 3. The second-order valence-electron chi connectivity index (χ2n) is 9.30. The van der Waals surface area contributed by atoms with Crippen LogP contribution in [0.15, 0.2) is 30.7 Å². The predicted octanol–water partition coefficient (Wildman–Crippen LogP) is 5.54. The Kier molecular flexibility index (Phi) is 8.77. The van der Waals surface area contributed by atoms with E-state index in [1.165, 1.54) is 19.0 Å². The molecular weight excluding hydrogens is 519 g/mol. The molecule has 1 aliphatic rings. The van der Waals surface area contributed by atoms with Gasteiger partial charge >= 0.3 is 6.18 Å². The van der Waals surface area contributed by atoms with E-state index in [9.17, 15) is 18.0 Å². The molecule has 38 heavy (non-hydrogen) atoms. The number of carbonyl (C=O) groups is 1. The van der Waals surface area contributed by atoms with Gasteiger partial charge < -0.3 is 20.3 Å². The van der Waals surface area contributed by atoms with Crippen LogP contribution in [0, 0.1) is 12.8 Å². The van der Waals surface area contributed by atoms with Crippen molar-refractivity contribution in [1.29, 1.82) is 0 Å². The first-order valence-electron chi connectivity index (χ1n) is 12.4. The number of likely N-dealkylation sites (tertiary alicyclic amines) is 1. The molecule has 13 heteroatoms. The summed E-state index contributed by atoms with van der Waals surface area (Å²) in [4.78, 5) is 27.0. The Bertz CT molecular complexity index is 1220. The number of piperidine rings is 1. The Morgan fingerprint density at radius 3 is 2.66 bits per heavy atom.